The molecular formula is C16H31NO2. The van der Waals surface area contributed by atoms with Crippen molar-refractivity contribution in [1.82, 2.24) is 0 Å². The van der Waals surface area contributed by atoms with Crippen LogP contribution in [-0.2, 0) is 9.53 Å². The number of carbonyl (C=O) groups is 1. The normalized spacial score (nSPS) is 18.2. The first kappa shape index (κ1) is 16.5. The van der Waals surface area contributed by atoms with E-state index in [1.165, 1.54) is 44.9 Å². The molecule has 1 aliphatic rings. The second kappa shape index (κ2) is 10.2. The summed E-state index contributed by atoms with van der Waals surface area (Å²) in [5.74, 6) is 0.172. The van der Waals surface area contributed by atoms with E-state index in [0.717, 1.165) is 25.7 Å². The van der Waals surface area contributed by atoms with Crippen molar-refractivity contribution in [1.29, 1.82) is 0 Å². The molecule has 19 heavy (non-hydrogen) atoms. The molecule has 3 heteroatoms. The number of hydrogen-bond donors (Lipinski definition) is 1. The van der Waals surface area contributed by atoms with Crippen molar-refractivity contribution in [3.8, 4) is 0 Å². The van der Waals surface area contributed by atoms with Crippen LogP contribution in [0.1, 0.15) is 77.6 Å². The summed E-state index contributed by atoms with van der Waals surface area (Å²) in [5.41, 5.74) is 6.00. The van der Waals surface area contributed by atoms with Crippen molar-refractivity contribution < 1.29 is 9.53 Å². The van der Waals surface area contributed by atoms with Crippen molar-refractivity contribution in [2.75, 3.05) is 6.61 Å². The summed E-state index contributed by atoms with van der Waals surface area (Å²) < 4.78 is 5.30. The molecule has 0 saturated heterocycles. The van der Waals surface area contributed by atoms with Crippen molar-refractivity contribution in [2.24, 2.45) is 11.7 Å². The predicted octanol–water partition coefficient (Wildman–Crippen LogP) is 3.80. The lowest BCUT2D eigenvalue weighted by Gasteiger charge is -2.25. The minimum absolute atomic E-state index is 0.180. The first-order valence-electron chi connectivity index (χ1n) is 8.18. The van der Waals surface area contributed by atoms with Gasteiger partial charge in [0, 0.05) is 0 Å². The Hall–Kier alpha value is -0.570. The van der Waals surface area contributed by atoms with Gasteiger partial charge in [0.25, 0.3) is 0 Å². The van der Waals surface area contributed by atoms with Gasteiger partial charge in [-0.2, -0.15) is 0 Å². The van der Waals surface area contributed by atoms with E-state index in [4.69, 9.17) is 10.5 Å². The SMILES string of the molecule is CCCCCCCCOC(=O)C(N)C1CCCCC1. The number of unbranched alkanes of at least 4 members (excludes halogenated alkanes) is 5. The Morgan fingerprint density at radius 2 is 1.74 bits per heavy atom. The lowest BCUT2D eigenvalue weighted by Crippen LogP contribution is -2.40. The van der Waals surface area contributed by atoms with Gasteiger partial charge < -0.3 is 10.5 Å². The van der Waals surface area contributed by atoms with Gasteiger partial charge >= 0.3 is 5.97 Å². The van der Waals surface area contributed by atoms with Gasteiger partial charge in [-0.1, -0.05) is 58.3 Å². The molecule has 0 spiro atoms. The molecule has 0 aromatic rings. The van der Waals surface area contributed by atoms with Gasteiger partial charge in [0.1, 0.15) is 6.04 Å². The van der Waals surface area contributed by atoms with Crippen LogP contribution >= 0.6 is 0 Å². The molecule has 1 rings (SSSR count). The first-order chi connectivity index (χ1) is 9.25. The molecule has 1 unspecified atom stereocenters. The zero-order valence-corrected chi connectivity index (χ0v) is 12.5. The summed E-state index contributed by atoms with van der Waals surface area (Å²) in [6, 6.07) is -0.389. The molecule has 1 fully saturated rings. The molecule has 0 bridgehead atoms. The van der Waals surface area contributed by atoms with Crippen LogP contribution < -0.4 is 5.73 Å². The van der Waals surface area contributed by atoms with E-state index in [9.17, 15) is 4.79 Å². The van der Waals surface area contributed by atoms with Crippen molar-refractivity contribution in [2.45, 2.75) is 83.6 Å². The van der Waals surface area contributed by atoms with E-state index < -0.39 is 0 Å². The smallest absolute Gasteiger partial charge is 0.323 e. The molecule has 0 amide bonds. The maximum Gasteiger partial charge on any atom is 0.323 e. The van der Waals surface area contributed by atoms with Gasteiger partial charge in [0.15, 0.2) is 0 Å². The summed E-state index contributed by atoms with van der Waals surface area (Å²) in [5, 5.41) is 0. The van der Waals surface area contributed by atoms with Crippen LogP contribution in [-0.4, -0.2) is 18.6 Å². The molecule has 1 aliphatic carbocycles. The summed E-state index contributed by atoms with van der Waals surface area (Å²) >= 11 is 0. The van der Waals surface area contributed by atoms with Gasteiger partial charge in [-0.3, -0.25) is 4.79 Å². The Morgan fingerprint density at radius 1 is 1.11 bits per heavy atom. The number of rotatable bonds is 9. The van der Waals surface area contributed by atoms with Gasteiger partial charge in [0.05, 0.1) is 6.61 Å². The molecule has 0 heterocycles. The highest BCUT2D eigenvalue weighted by molar-refractivity contribution is 5.75. The van der Waals surface area contributed by atoms with E-state index in [1.807, 2.05) is 0 Å². The topological polar surface area (TPSA) is 52.3 Å². The van der Waals surface area contributed by atoms with E-state index in [1.54, 1.807) is 0 Å². The minimum atomic E-state index is -0.389. The fourth-order valence-electron chi connectivity index (χ4n) is 2.84. The van der Waals surface area contributed by atoms with E-state index in [2.05, 4.69) is 6.92 Å². The monoisotopic (exact) mass is 269 g/mol. The molecular weight excluding hydrogens is 238 g/mol. The molecule has 0 aromatic carbocycles. The Balaban J connectivity index is 2.03. The summed E-state index contributed by atoms with van der Waals surface area (Å²) in [6.07, 6.45) is 13.2. The summed E-state index contributed by atoms with van der Waals surface area (Å²) in [7, 11) is 0. The van der Waals surface area contributed by atoms with Crippen LogP contribution in [0.5, 0.6) is 0 Å². The average Bonchev–Trinajstić information content (AvgIpc) is 2.46. The van der Waals surface area contributed by atoms with Crippen LogP contribution in [0.25, 0.3) is 0 Å². The van der Waals surface area contributed by atoms with Crippen molar-refractivity contribution >= 4 is 5.97 Å². The summed E-state index contributed by atoms with van der Waals surface area (Å²) in [4.78, 5) is 11.8. The fraction of sp³-hybridized carbons (Fsp3) is 0.938. The first-order valence-corrected chi connectivity index (χ1v) is 8.18. The molecule has 0 radical (unpaired) electrons. The van der Waals surface area contributed by atoms with Gasteiger partial charge in [-0.25, -0.2) is 0 Å². The number of carbonyl (C=O) groups excluding carboxylic acids is 1. The second-order valence-electron chi connectivity index (χ2n) is 5.86. The van der Waals surface area contributed by atoms with Crippen LogP contribution in [0.2, 0.25) is 0 Å². The zero-order valence-electron chi connectivity index (χ0n) is 12.5. The highest BCUT2D eigenvalue weighted by Gasteiger charge is 2.27. The Kier molecular flexibility index (Phi) is 8.89. The largest absolute Gasteiger partial charge is 0.465 e. The number of ether oxygens (including phenoxy) is 1. The fourth-order valence-corrected chi connectivity index (χ4v) is 2.84. The highest BCUT2D eigenvalue weighted by Crippen LogP contribution is 2.26. The number of nitrogens with two attached hydrogens (primary N) is 1. The third-order valence-corrected chi connectivity index (χ3v) is 4.17. The van der Waals surface area contributed by atoms with Crippen LogP contribution in [0.4, 0.5) is 0 Å². The van der Waals surface area contributed by atoms with Gasteiger partial charge in [0.2, 0.25) is 0 Å². The van der Waals surface area contributed by atoms with Gasteiger partial charge in [-0.05, 0) is 25.2 Å². The average molecular weight is 269 g/mol. The number of esters is 1. The third-order valence-electron chi connectivity index (χ3n) is 4.17. The Bertz CT molecular complexity index is 237. The molecule has 3 nitrogen and oxygen atoms in total. The predicted molar refractivity (Wildman–Crippen MR) is 78.9 cm³/mol. The minimum Gasteiger partial charge on any atom is -0.465 e. The molecule has 1 atom stereocenters. The van der Waals surface area contributed by atoms with Crippen LogP contribution in [0.3, 0.4) is 0 Å². The maximum atomic E-state index is 11.8. The van der Waals surface area contributed by atoms with Crippen LogP contribution in [0, 0.1) is 5.92 Å². The molecule has 0 aliphatic heterocycles. The van der Waals surface area contributed by atoms with Crippen molar-refractivity contribution in [3.05, 3.63) is 0 Å². The Labute approximate surface area is 118 Å². The second-order valence-corrected chi connectivity index (χ2v) is 5.86. The van der Waals surface area contributed by atoms with Crippen molar-refractivity contribution in [3.63, 3.8) is 0 Å². The van der Waals surface area contributed by atoms with E-state index in [-0.39, 0.29) is 12.0 Å². The molecule has 1 saturated carbocycles. The highest BCUT2D eigenvalue weighted by atomic mass is 16.5. The molecule has 2 N–H and O–H groups in total. The quantitative estimate of drug-likeness (QED) is 0.511. The third kappa shape index (κ3) is 6.95. The number of hydrogen-bond acceptors (Lipinski definition) is 3. The van der Waals surface area contributed by atoms with Crippen LogP contribution in [0.15, 0.2) is 0 Å². The lowest BCUT2D eigenvalue weighted by molar-refractivity contribution is -0.147. The van der Waals surface area contributed by atoms with Gasteiger partial charge in [-0.15, -0.1) is 0 Å². The Morgan fingerprint density at radius 3 is 2.42 bits per heavy atom. The van der Waals surface area contributed by atoms with E-state index >= 15 is 0 Å². The lowest BCUT2D eigenvalue weighted by atomic mass is 9.84. The molecule has 112 valence electrons. The molecule has 0 aromatic heterocycles. The standard InChI is InChI=1S/C16H31NO2/c1-2-3-4-5-6-10-13-19-16(18)15(17)14-11-8-7-9-12-14/h14-15H,2-13,17H2,1H3. The van der Waals surface area contributed by atoms with E-state index in [0.29, 0.717) is 12.5 Å². The maximum absolute atomic E-state index is 11.8. The zero-order chi connectivity index (χ0) is 13.9. The summed E-state index contributed by atoms with van der Waals surface area (Å²) in [6.45, 7) is 2.76.